The van der Waals surface area contributed by atoms with Crippen LogP contribution in [0.2, 0.25) is 0 Å². The molecule has 0 atom stereocenters. The average Bonchev–Trinajstić information content (AvgIpc) is 3.05. The van der Waals surface area contributed by atoms with Crippen LogP contribution in [0.1, 0.15) is 0 Å². The van der Waals surface area contributed by atoms with E-state index in [1.807, 2.05) is 72.8 Å². The summed E-state index contributed by atoms with van der Waals surface area (Å²) in [5.74, 6) is -0.718. The van der Waals surface area contributed by atoms with E-state index < -0.39 is 9.84 Å². The lowest BCUT2D eigenvalue weighted by molar-refractivity contribution is 0.397. The highest BCUT2D eigenvalue weighted by Gasteiger charge is 2.30. The first kappa shape index (κ1) is 30.5. The maximum Gasteiger partial charge on any atom is 0.214 e. The zero-order valence-electron chi connectivity index (χ0n) is 23.4. The first-order valence-electron chi connectivity index (χ1n) is 13.7. The highest BCUT2D eigenvalue weighted by atomic mass is 79.9. The van der Waals surface area contributed by atoms with Crippen LogP contribution in [0.15, 0.2) is 152 Å². The lowest BCUT2D eigenvalue weighted by Gasteiger charge is -2.18. The Morgan fingerprint density at radius 1 is 0.467 bits per heavy atom. The van der Waals surface area contributed by atoms with E-state index in [4.69, 9.17) is 9.47 Å². The summed E-state index contributed by atoms with van der Waals surface area (Å²) in [5, 5.41) is 21.8. The molecule has 0 saturated carbocycles. The van der Waals surface area contributed by atoms with Gasteiger partial charge in [0.25, 0.3) is 0 Å². The Hall–Kier alpha value is -4.57. The third-order valence-corrected chi connectivity index (χ3v) is 10.5. The predicted molar refractivity (Wildman–Crippen MR) is 181 cm³/mol. The number of hydrogen-bond donors (Lipinski definition) is 2. The van der Waals surface area contributed by atoms with Crippen LogP contribution in [-0.4, -0.2) is 18.6 Å². The van der Waals surface area contributed by atoms with Gasteiger partial charge in [-0.05, 0) is 90.5 Å². The number of ether oxygens (including phenoxy) is 2. The molecule has 6 rings (SSSR count). The average molecular weight is 744 g/mol. The van der Waals surface area contributed by atoms with Gasteiger partial charge in [0.1, 0.15) is 21.3 Å². The van der Waals surface area contributed by atoms with E-state index in [0.717, 1.165) is 22.3 Å². The first-order valence-corrected chi connectivity index (χ1v) is 16.7. The minimum Gasteiger partial charge on any atom is -0.504 e. The zero-order valence-corrected chi connectivity index (χ0v) is 27.4. The van der Waals surface area contributed by atoms with Gasteiger partial charge in [-0.1, -0.05) is 97.1 Å². The third kappa shape index (κ3) is 6.07. The number of sulfone groups is 1. The van der Waals surface area contributed by atoms with Gasteiger partial charge in [0.15, 0.2) is 23.0 Å². The van der Waals surface area contributed by atoms with Gasteiger partial charge in [0.2, 0.25) is 9.84 Å². The fourth-order valence-corrected chi connectivity index (χ4v) is 7.52. The molecule has 0 aliphatic rings. The molecule has 9 heteroatoms. The highest BCUT2D eigenvalue weighted by molar-refractivity contribution is 9.11. The molecule has 0 aliphatic heterocycles. The van der Waals surface area contributed by atoms with Crippen molar-refractivity contribution in [1.29, 1.82) is 0 Å². The minimum absolute atomic E-state index is 0.273. The van der Waals surface area contributed by atoms with E-state index in [2.05, 4.69) is 31.9 Å². The molecular weight excluding hydrogens is 720 g/mol. The molecule has 0 amide bonds. The van der Waals surface area contributed by atoms with Crippen LogP contribution >= 0.6 is 31.9 Å². The van der Waals surface area contributed by atoms with Crippen LogP contribution < -0.4 is 9.47 Å². The second-order valence-electron chi connectivity index (χ2n) is 9.88. The number of phenols is 2. The summed E-state index contributed by atoms with van der Waals surface area (Å²) in [6, 6.07) is 38.1. The molecule has 6 aromatic carbocycles. The highest BCUT2D eigenvalue weighted by Crippen LogP contribution is 2.47. The normalized spacial score (nSPS) is 11.2. The Morgan fingerprint density at radius 2 is 0.844 bits per heavy atom. The Kier molecular flexibility index (Phi) is 8.67. The summed E-state index contributed by atoms with van der Waals surface area (Å²) >= 11 is 7.19. The summed E-state index contributed by atoms with van der Waals surface area (Å²) in [6.07, 6.45) is 0. The molecule has 0 aliphatic carbocycles. The summed E-state index contributed by atoms with van der Waals surface area (Å²) in [5.41, 5.74) is 3.48. The van der Waals surface area contributed by atoms with Crippen LogP contribution in [0.3, 0.4) is 0 Å². The minimum atomic E-state index is -4.44. The third-order valence-electron chi connectivity index (χ3n) is 7.02. The van der Waals surface area contributed by atoms with Crippen molar-refractivity contribution < 1.29 is 28.1 Å². The molecule has 0 unspecified atom stereocenters. The predicted octanol–water partition coefficient (Wildman–Crippen LogP) is 10.4. The summed E-state index contributed by atoms with van der Waals surface area (Å²) in [6.45, 7) is 0. The van der Waals surface area contributed by atoms with Gasteiger partial charge >= 0.3 is 0 Å². The van der Waals surface area contributed by atoms with Gasteiger partial charge in [-0.3, -0.25) is 0 Å². The zero-order chi connectivity index (χ0) is 31.6. The second kappa shape index (κ2) is 12.8. The summed E-state index contributed by atoms with van der Waals surface area (Å²) < 4.78 is 42.0. The monoisotopic (exact) mass is 742 g/mol. The smallest absolute Gasteiger partial charge is 0.214 e. The quantitative estimate of drug-likeness (QED) is 0.161. The summed E-state index contributed by atoms with van der Waals surface area (Å²) in [7, 11) is -4.44. The number of rotatable bonds is 8. The number of benzene rings is 6. The number of hydrogen-bond acceptors (Lipinski definition) is 6. The van der Waals surface area contributed by atoms with Crippen molar-refractivity contribution in [1.82, 2.24) is 0 Å². The fraction of sp³-hybridized carbons (Fsp3) is 0. The van der Waals surface area contributed by atoms with Crippen LogP contribution in [0.5, 0.6) is 34.5 Å². The molecule has 0 fully saturated rings. The van der Waals surface area contributed by atoms with Gasteiger partial charge in [0, 0.05) is 0 Å². The molecule has 224 valence electrons. The Morgan fingerprint density at radius 3 is 1.24 bits per heavy atom. The largest absolute Gasteiger partial charge is 0.504 e. The van der Waals surface area contributed by atoms with E-state index in [-0.39, 0.29) is 32.8 Å². The van der Waals surface area contributed by atoms with Crippen LogP contribution in [0, 0.1) is 0 Å². The Balaban J connectivity index is 1.42. The van der Waals surface area contributed by atoms with Gasteiger partial charge in [0.05, 0.1) is 8.95 Å². The molecule has 0 bridgehead atoms. The van der Waals surface area contributed by atoms with Gasteiger partial charge in [-0.15, -0.1) is 0 Å². The molecule has 0 spiro atoms. The molecule has 6 nitrogen and oxygen atoms in total. The van der Waals surface area contributed by atoms with Crippen molar-refractivity contribution in [2.45, 2.75) is 9.79 Å². The Bertz CT molecular complexity index is 1970. The number of para-hydroxylation sites is 2. The molecular formula is C36H24Br2O6S. The van der Waals surface area contributed by atoms with Crippen molar-refractivity contribution in [3.63, 3.8) is 0 Å². The van der Waals surface area contributed by atoms with E-state index in [1.165, 1.54) is 36.4 Å². The van der Waals surface area contributed by atoms with E-state index in [0.29, 0.717) is 20.4 Å². The molecule has 0 saturated heterocycles. The molecule has 0 heterocycles. The Labute approximate surface area is 277 Å². The van der Waals surface area contributed by atoms with Gasteiger partial charge in [-0.25, -0.2) is 8.42 Å². The lowest BCUT2D eigenvalue weighted by Crippen LogP contribution is -2.06. The van der Waals surface area contributed by atoms with Crippen molar-refractivity contribution in [2.75, 3.05) is 0 Å². The molecule has 0 radical (unpaired) electrons. The van der Waals surface area contributed by atoms with Crippen molar-refractivity contribution in [2.24, 2.45) is 0 Å². The van der Waals surface area contributed by atoms with Crippen molar-refractivity contribution >= 4 is 41.7 Å². The van der Waals surface area contributed by atoms with E-state index >= 15 is 0 Å². The second-order valence-corrected chi connectivity index (χ2v) is 13.4. The van der Waals surface area contributed by atoms with E-state index in [9.17, 15) is 18.6 Å². The van der Waals surface area contributed by atoms with Crippen LogP contribution in [0.25, 0.3) is 22.3 Å². The van der Waals surface area contributed by atoms with E-state index in [1.54, 1.807) is 24.3 Å². The summed E-state index contributed by atoms with van der Waals surface area (Å²) in [4.78, 5) is -0.626. The lowest BCUT2D eigenvalue weighted by atomic mass is 10.1. The molecule has 0 aromatic heterocycles. The number of aromatic hydroxyl groups is 2. The maximum atomic E-state index is 14.3. The molecule has 6 aromatic rings. The van der Waals surface area contributed by atoms with Crippen LogP contribution in [-0.2, 0) is 9.84 Å². The van der Waals surface area contributed by atoms with Crippen molar-refractivity contribution in [3.8, 4) is 56.8 Å². The number of phenolic OH excluding ortho intramolecular Hbond substituents is 2. The first-order chi connectivity index (χ1) is 21.8. The van der Waals surface area contributed by atoms with Gasteiger partial charge < -0.3 is 19.7 Å². The maximum absolute atomic E-state index is 14.3. The molecule has 45 heavy (non-hydrogen) atoms. The SMILES string of the molecule is O=S(=O)(c1cccc(O)c1Oc1cccc(-c2ccccc2)c1Br)c1cccc(O)c1Oc1cccc(-c2ccccc2)c1Br. The standard InChI is InChI=1S/C36H24Br2O6S/c37-33-25(23-11-3-1-4-12-23)15-7-19-29(33)43-35-27(39)17-9-21-31(35)45(41,42)32-22-10-18-28(40)36(32)44-30-20-8-16-26(34(30)38)24-13-5-2-6-14-24/h1-22,39-40H. The number of halogens is 2. The molecule has 2 N–H and O–H groups in total. The fourth-order valence-electron chi connectivity index (χ4n) is 4.84. The topological polar surface area (TPSA) is 93.1 Å². The van der Waals surface area contributed by atoms with Crippen LogP contribution in [0.4, 0.5) is 0 Å². The van der Waals surface area contributed by atoms with Gasteiger partial charge in [-0.2, -0.15) is 0 Å². The van der Waals surface area contributed by atoms with Crippen molar-refractivity contribution in [3.05, 3.63) is 142 Å².